The van der Waals surface area contributed by atoms with E-state index in [1.54, 1.807) is 0 Å². The van der Waals surface area contributed by atoms with Crippen LogP contribution in [0, 0.1) is 5.92 Å². The molecule has 0 amide bonds. The molecule has 0 bridgehead atoms. The summed E-state index contributed by atoms with van der Waals surface area (Å²) in [7, 11) is 0. The quantitative estimate of drug-likeness (QED) is 0.654. The molecule has 1 saturated heterocycles. The normalized spacial score (nSPS) is 30.1. The van der Waals surface area contributed by atoms with Crippen LogP contribution in [-0.2, 0) is 9.53 Å². The minimum absolute atomic E-state index is 0.196. The Labute approximate surface area is 71.7 Å². The van der Waals surface area contributed by atoms with Gasteiger partial charge in [0.15, 0.2) is 0 Å². The number of carboxylic acids is 1. The average molecular weight is 173 g/mol. The van der Waals surface area contributed by atoms with Crippen LogP contribution >= 0.6 is 0 Å². The molecule has 3 N–H and O–H groups in total. The van der Waals surface area contributed by atoms with E-state index in [2.05, 4.69) is 0 Å². The van der Waals surface area contributed by atoms with E-state index < -0.39 is 5.97 Å². The van der Waals surface area contributed by atoms with Gasteiger partial charge in [0.1, 0.15) is 6.23 Å². The average Bonchev–Trinajstić information content (AvgIpc) is 2.03. The lowest BCUT2D eigenvalue weighted by molar-refractivity contribution is -0.137. The SMILES string of the molecule is NC1OCCCC1CCC(=O)O. The van der Waals surface area contributed by atoms with Crippen molar-refractivity contribution in [1.29, 1.82) is 0 Å². The number of ether oxygens (including phenoxy) is 1. The number of rotatable bonds is 3. The standard InChI is InChI=1S/C8H15NO3/c9-8-6(2-1-5-12-8)3-4-7(10)11/h6,8H,1-5,9H2,(H,10,11). The molecule has 0 aromatic heterocycles. The third-order valence-electron chi connectivity index (χ3n) is 2.22. The lowest BCUT2D eigenvalue weighted by atomic mass is 9.94. The van der Waals surface area contributed by atoms with Crippen molar-refractivity contribution in [2.24, 2.45) is 11.7 Å². The highest BCUT2D eigenvalue weighted by molar-refractivity contribution is 5.66. The molecular weight excluding hydrogens is 158 g/mol. The molecule has 0 radical (unpaired) electrons. The zero-order chi connectivity index (χ0) is 8.97. The molecule has 2 unspecified atom stereocenters. The van der Waals surface area contributed by atoms with Gasteiger partial charge in [0.05, 0.1) is 0 Å². The smallest absolute Gasteiger partial charge is 0.303 e. The molecule has 1 aliphatic rings. The molecule has 4 heteroatoms. The van der Waals surface area contributed by atoms with E-state index in [9.17, 15) is 4.79 Å². The van der Waals surface area contributed by atoms with E-state index >= 15 is 0 Å². The fourth-order valence-electron chi connectivity index (χ4n) is 1.48. The second-order valence-electron chi connectivity index (χ2n) is 3.17. The van der Waals surface area contributed by atoms with E-state index in [0.717, 1.165) is 12.8 Å². The van der Waals surface area contributed by atoms with Gasteiger partial charge in [0.2, 0.25) is 0 Å². The van der Waals surface area contributed by atoms with Gasteiger partial charge in [-0.2, -0.15) is 0 Å². The first-order valence-electron chi connectivity index (χ1n) is 4.29. The van der Waals surface area contributed by atoms with Crippen LogP contribution in [0.4, 0.5) is 0 Å². The third-order valence-corrected chi connectivity index (χ3v) is 2.22. The summed E-state index contributed by atoms with van der Waals surface area (Å²) in [5, 5.41) is 8.45. The monoisotopic (exact) mass is 173 g/mol. The largest absolute Gasteiger partial charge is 0.481 e. The van der Waals surface area contributed by atoms with Gasteiger partial charge in [-0.3, -0.25) is 4.79 Å². The highest BCUT2D eigenvalue weighted by Crippen LogP contribution is 2.21. The second kappa shape index (κ2) is 4.42. The minimum atomic E-state index is -0.757. The molecule has 1 fully saturated rings. The van der Waals surface area contributed by atoms with Gasteiger partial charge in [-0.15, -0.1) is 0 Å². The molecule has 0 spiro atoms. The van der Waals surface area contributed by atoms with E-state index in [1.165, 1.54) is 0 Å². The van der Waals surface area contributed by atoms with Crippen molar-refractivity contribution < 1.29 is 14.6 Å². The van der Waals surface area contributed by atoms with Crippen molar-refractivity contribution in [3.63, 3.8) is 0 Å². The maximum absolute atomic E-state index is 10.3. The van der Waals surface area contributed by atoms with Crippen LogP contribution < -0.4 is 5.73 Å². The summed E-state index contributed by atoms with van der Waals surface area (Å²) < 4.78 is 5.21. The zero-order valence-electron chi connectivity index (χ0n) is 7.03. The first-order valence-corrected chi connectivity index (χ1v) is 4.29. The van der Waals surface area contributed by atoms with Crippen molar-refractivity contribution in [3.8, 4) is 0 Å². The van der Waals surface area contributed by atoms with Gasteiger partial charge >= 0.3 is 5.97 Å². The first kappa shape index (κ1) is 9.48. The molecule has 0 saturated carbocycles. The molecule has 12 heavy (non-hydrogen) atoms. The number of hydrogen-bond acceptors (Lipinski definition) is 3. The zero-order valence-corrected chi connectivity index (χ0v) is 7.03. The highest BCUT2D eigenvalue weighted by atomic mass is 16.5. The van der Waals surface area contributed by atoms with Gasteiger partial charge in [-0.05, 0) is 25.2 Å². The van der Waals surface area contributed by atoms with Crippen LogP contribution in [0.1, 0.15) is 25.7 Å². The van der Waals surface area contributed by atoms with E-state index in [0.29, 0.717) is 13.0 Å². The van der Waals surface area contributed by atoms with Crippen molar-refractivity contribution in [3.05, 3.63) is 0 Å². The molecule has 1 aliphatic heterocycles. The van der Waals surface area contributed by atoms with E-state index in [4.69, 9.17) is 15.6 Å². The molecule has 4 nitrogen and oxygen atoms in total. The number of carboxylic acid groups (broad SMARTS) is 1. The number of hydrogen-bond donors (Lipinski definition) is 2. The van der Waals surface area contributed by atoms with Gasteiger partial charge in [0.25, 0.3) is 0 Å². The Hall–Kier alpha value is -0.610. The summed E-state index contributed by atoms with van der Waals surface area (Å²) in [6, 6.07) is 0. The Balaban J connectivity index is 2.24. The Morgan fingerprint density at radius 3 is 3.00 bits per heavy atom. The maximum Gasteiger partial charge on any atom is 0.303 e. The lowest BCUT2D eigenvalue weighted by Gasteiger charge is -2.28. The topological polar surface area (TPSA) is 72.5 Å². The van der Waals surface area contributed by atoms with Gasteiger partial charge in [-0.25, -0.2) is 0 Å². The molecule has 0 aliphatic carbocycles. The van der Waals surface area contributed by atoms with Crippen LogP contribution in [0.3, 0.4) is 0 Å². The van der Waals surface area contributed by atoms with Crippen molar-refractivity contribution >= 4 is 5.97 Å². The fourth-order valence-corrected chi connectivity index (χ4v) is 1.48. The van der Waals surface area contributed by atoms with Crippen LogP contribution in [0.2, 0.25) is 0 Å². The lowest BCUT2D eigenvalue weighted by Crippen LogP contribution is -2.37. The van der Waals surface area contributed by atoms with Gasteiger partial charge < -0.3 is 15.6 Å². The van der Waals surface area contributed by atoms with Gasteiger partial charge in [0, 0.05) is 13.0 Å². The Kier molecular flexibility index (Phi) is 3.49. The van der Waals surface area contributed by atoms with Gasteiger partial charge in [-0.1, -0.05) is 0 Å². The first-order chi connectivity index (χ1) is 5.70. The Morgan fingerprint density at radius 2 is 2.42 bits per heavy atom. The second-order valence-corrected chi connectivity index (χ2v) is 3.17. The summed E-state index contributed by atoms with van der Waals surface area (Å²) in [5.41, 5.74) is 5.65. The molecule has 2 atom stereocenters. The number of carbonyl (C=O) groups is 1. The molecule has 0 aromatic rings. The van der Waals surface area contributed by atoms with Crippen molar-refractivity contribution in [1.82, 2.24) is 0 Å². The van der Waals surface area contributed by atoms with Crippen LogP contribution in [0.15, 0.2) is 0 Å². The summed E-state index contributed by atoms with van der Waals surface area (Å²) >= 11 is 0. The summed E-state index contributed by atoms with van der Waals surface area (Å²) in [5.74, 6) is -0.525. The summed E-state index contributed by atoms with van der Waals surface area (Å²) in [4.78, 5) is 10.3. The fraction of sp³-hybridized carbons (Fsp3) is 0.875. The molecular formula is C8H15NO3. The summed E-state index contributed by atoms with van der Waals surface area (Å²) in [6.07, 6.45) is 2.57. The third kappa shape index (κ3) is 2.79. The van der Waals surface area contributed by atoms with E-state index in [1.807, 2.05) is 0 Å². The number of aliphatic carboxylic acids is 1. The predicted octanol–water partition coefficient (Wildman–Crippen LogP) is 0.563. The molecule has 1 heterocycles. The van der Waals surface area contributed by atoms with Crippen molar-refractivity contribution in [2.75, 3.05) is 6.61 Å². The van der Waals surface area contributed by atoms with Crippen LogP contribution in [0.5, 0.6) is 0 Å². The minimum Gasteiger partial charge on any atom is -0.481 e. The van der Waals surface area contributed by atoms with Crippen LogP contribution in [-0.4, -0.2) is 23.9 Å². The maximum atomic E-state index is 10.3. The Morgan fingerprint density at radius 1 is 1.67 bits per heavy atom. The molecule has 1 rings (SSSR count). The molecule has 0 aromatic carbocycles. The van der Waals surface area contributed by atoms with Crippen LogP contribution in [0.25, 0.3) is 0 Å². The van der Waals surface area contributed by atoms with Crippen molar-refractivity contribution in [2.45, 2.75) is 31.9 Å². The number of nitrogens with two attached hydrogens (primary N) is 1. The predicted molar refractivity (Wildman–Crippen MR) is 43.5 cm³/mol. The van der Waals surface area contributed by atoms with E-state index in [-0.39, 0.29) is 18.6 Å². The summed E-state index contributed by atoms with van der Waals surface area (Å²) in [6.45, 7) is 0.713. The highest BCUT2D eigenvalue weighted by Gasteiger charge is 2.22. The Bertz CT molecular complexity index is 160. The molecule has 70 valence electrons.